The lowest BCUT2D eigenvalue weighted by Gasteiger charge is -2.09. The molecule has 0 aliphatic heterocycles. The van der Waals surface area contributed by atoms with Gasteiger partial charge in [-0.05, 0) is 32.4 Å². The molecular formula is C16H17F3N4O3. The van der Waals surface area contributed by atoms with Gasteiger partial charge in [-0.1, -0.05) is 6.07 Å². The highest BCUT2D eigenvalue weighted by atomic mass is 19.4. The van der Waals surface area contributed by atoms with E-state index in [1.54, 1.807) is 0 Å². The van der Waals surface area contributed by atoms with Gasteiger partial charge in [0.05, 0.1) is 4.92 Å². The molecule has 0 saturated heterocycles. The average molecular weight is 370 g/mol. The Morgan fingerprint density at radius 1 is 1.35 bits per heavy atom. The van der Waals surface area contributed by atoms with Crippen molar-refractivity contribution in [2.45, 2.75) is 33.0 Å². The van der Waals surface area contributed by atoms with Gasteiger partial charge in [-0.3, -0.25) is 19.6 Å². The van der Waals surface area contributed by atoms with E-state index in [1.807, 2.05) is 0 Å². The fourth-order valence-corrected chi connectivity index (χ4v) is 2.47. The Labute approximate surface area is 147 Å². The summed E-state index contributed by atoms with van der Waals surface area (Å²) in [6, 6.07) is 5.17. The maximum Gasteiger partial charge on any atom is 0.435 e. The van der Waals surface area contributed by atoms with E-state index in [0.29, 0.717) is 12.1 Å². The van der Waals surface area contributed by atoms with Gasteiger partial charge in [-0.25, -0.2) is 0 Å². The molecule has 1 aromatic carbocycles. The quantitative estimate of drug-likeness (QED) is 0.480. The maximum absolute atomic E-state index is 12.6. The van der Waals surface area contributed by atoms with Crippen LogP contribution >= 0.6 is 0 Å². The number of alkyl halides is 3. The van der Waals surface area contributed by atoms with Gasteiger partial charge in [0.2, 0.25) is 0 Å². The first-order chi connectivity index (χ1) is 12.1. The highest BCUT2D eigenvalue weighted by molar-refractivity contribution is 5.96. The van der Waals surface area contributed by atoms with E-state index in [1.165, 1.54) is 36.7 Å². The number of hydrogen-bond donors (Lipinski definition) is 1. The summed E-state index contributed by atoms with van der Waals surface area (Å²) in [6.45, 7) is 3.41. The zero-order valence-corrected chi connectivity index (χ0v) is 14.1. The van der Waals surface area contributed by atoms with Crippen LogP contribution in [-0.2, 0) is 12.7 Å². The number of aromatic nitrogens is 2. The molecule has 0 bridgehead atoms. The summed E-state index contributed by atoms with van der Waals surface area (Å²) in [7, 11) is 0. The van der Waals surface area contributed by atoms with Crippen molar-refractivity contribution in [2.75, 3.05) is 6.54 Å². The smallest absolute Gasteiger partial charge is 0.352 e. The van der Waals surface area contributed by atoms with Gasteiger partial charge in [0.25, 0.3) is 11.6 Å². The number of halogens is 3. The molecule has 10 heteroatoms. The molecule has 0 radical (unpaired) electrons. The number of carbonyl (C=O) groups excluding carboxylic acids is 1. The lowest BCUT2D eigenvalue weighted by molar-refractivity contribution is -0.385. The van der Waals surface area contributed by atoms with Crippen LogP contribution in [0.15, 0.2) is 24.3 Å². The second-order valence-electron chi connectivity index (χ2n) is 5.71. The third kappa shape index (κ3) is 4.38. The highest BCUT2D eigenvalue weighted by Gasteiger charge is 2.34. The average Bonchev–Trinajstić information content (AvgIpc) is 2.92. The van der Waals surface area contributed by atoms with Crippen LogP contribution in [0.1, 0.15) is 33.7 Å². The monoisotopic (exact) mass is 370 g/mol. The van der Waals surface area contributed by atoms with E-state index in [9.17, 15) is 28.1 Å². The number of hydrogen-bond acceptors (Lipinski definition) is 4. The summed E-state index contributed by atoms with van der Waals surface area (Å²) >= 11 is 0. The van der Waals surface area contributed by atoms with Crippen molar-refractivity contribution in [3.8, 4) is 0 Å². The zero-order valence-electron chi connectivity index (χ0n) is 14.1. The molecule has 7 nitrogen and oxygen atoms in total. The summed E-state index contributed by atoms with van der Waals surface area (Å²) in [5.74, 6) is -0.473. The van der Waals surface area contributed by atoms with Crippen LogP contribution in [-0.4, -0.2) is 27.2 Å². The molecule has 0 unspecified atom stereocenters. The number of nitro groups is 1. The van der Waals surface area contributed by atoms with Crippen LogP contribution in [0, 0.1) is 24.0 Å². The fourth-order valence-electron chi connectivity index (χ4n) is 2.47. The highest BCUT2D eigenvalue weighted by Crippen LogP contribution is 2.28. The van der Waals surface area contributed by atoms with Gasteiger partial charge in [0.15, 0.2) is 5.69 Å². The molecule has 1 heterocycles. The van der Waals surface area contributed by atoms with Crippen LogP contribution < -0.4 is 5.32 Å². The zero-order chi connectivity index (χ0) is 19.5. The van der Waals surface area contributed by atoms with Crippen LogP contribution in [0.25, 0.3) is 0 Å². The summed E-state index contributed by atoms with van der Waals surface area (Å²) in [5, 5.41) is 17.0. The third-order valence-electron chi connectivity index (χ3n) is 3.85. The van der Waals surface area contributed by atoms with Crippen LogP contribution in [0.5, 0.6) is 0 Å². The van der Waals surface area contributed by atoms with Crippen molar-refractivity contribution in [3.05, 3.63) is 56.9 Å². The van der Waals surface area contributed by atoms with Crippen LogP contribution in [0.2, 0.25) is 0 Å². The lowest BCUT2D eigenvalue weighted by atomic mass is 10.1. The molecule has 1 amide bonds. The minimum absolute atomic E-state index is 0.149. The first-order valence-corrected chi connectivity index (χ1v) is 7.75. The van der Waals surface area contributed by atoms with Crippen molar-refractivity contribution in [1.29, 1.82) is 0 Å². The van der Waals surface area contributed by atoms with Gasteiger partial charge >= 0.3 is 6.18 Å². The van der Waals surface area contributed by atoms with Crippen LogP contribution in [0.3, 0.4) is 0 Å². The SMILES string of the molecule is Cc1c(C(=O)NCCCn2nc(C(F)(F)F)cc2C)cccc1[N+](=O)[O-]. The Morgan fingerprint density at radius 3 is 2.62 bits per heavy atom. The minimum atomic E-state index is -4.50. The standard InChI is InChI=1S/C16H17F3N4O3/c1-10-9-14(16(17,18)19)21-22(10)8-4-7-20-15(24)12-5-3-6-13(11(12)2)23(25)26/h3,5-6,9H,4,7-8H2,1-2H3,(H,20,24). The Balaban J connectivity index is 1.93. The van der Waals surface area contributed by atoms with E-state index >= 15 is 0 Å². The Hall–Kier alpha value is -2.91. The molecule has 0 saturated carbocycles. The Kier molecular flexibility index (Phi) is 5.63. The van der Waals surface area contributed by atoms with Crippen molar-refractivity contribution in [1.82, 2.24) is 15.1 Å². The summed E-state index contributed by atoms with van der Waals surface area (Å²) in [4.78, 5) is 22.5. The molecule has 140 valence electrons. The van der Waals surface area contributed by atoms with Crippen molar-refractivity contribution in [3.63, 3.8) is 0 Å². The Morgan fingerprint density at radius 2 is 2.04 bits per heavy atom. The van der Waals surface area contributed by atoms with Crippen molar-refractivity contribution >= 4 is 11.6 Å². The predicted octanol–water partition coefficient (Wildman–Crippen LogP) is 3.25. The molecule has 0 fully saturated rings. The van der Waals surface area contributed by atoms with Crippen molar-refractivity contribution in [2.24, 2.45) is 0 Å². The number of nitrogens with one attached hydrogen (secondary N) is 1. The van der Waals surface area contributed by atoms with Gasteiger partial charge in [0.1, 0.15) is 0 Å². The largest absolute Gasteiger partial charge is 0.435 e. The van der Waals surface area contributed by atoms with E-state index in [0.717, 1.165) is 6.07 Å². The first kappa shape index (κ1) is 19.4. The number of benzene rings is 1. The number of nitro benzene ring substituents is 1. The second kappa shape index (κ2) is 7.54. The fraction of sp³-hybridized carbons (Fsp3) is 0.375. The Bertz CT molecular complexity index is 831. The maximum atomic E-state index is 12.6. The number of aryl methyl sites for hydroxylation is 2. The minimum Gasteiger partial charge on any atom is -0.352 e. The van der Waals surface area contributed by atoms with E-state index in [4.69, 9.17) is 0 Å². The summed E-state index contributed by atoms with van der Waals surface area (Å²) in [5.41, 5.74) is -0.282. The van der Waals surface area contributed by atoms with Gasteiger partial charge in [-0.2, -0.15) is 18.3 Å². The topological polar surface area (TPSA) is 90.1 Å². The van der Waals surface area contributed by atoms with Gasteiger partial charge in [0, 0.05) is 36.0 Å². The molecule has 1 N–H and O–H groups in total. The number of amides is 1. The van der Waals surface area contributed by atoms with Crippen molar-refractivity contribution < 1.29 is 22.9 Å². The first-order valence-electron chi connectivity index (χ1n) is 7.75. The summed E-state index contributed by atoms with van der Waals surface area (Å²) in [6.07, 6.45) is -4.14. The molecule has 26 heavy (non-hydrogen) atoms. The molecule has 2 rings (SSSR count). The molecule has 1 aromatic heterocycles. The lowest BCUT2D eigenvalue weighted by Crippen LogP contribution is -2.26. The summed E-state index contributed by atoms with van der Waals surface area (Å²) < 4.78 is 39.1. The molecule has 0 atom stereocenters. The van der Waals surface area contributed by atoms with Gasteiger partial charge < -0.3 is 5.32 Å². The normalized spacial score (nSPS) is 11.4. The second-order valence-corrected chi connectivity index (χ2v) is 5.71. The van der Waals surface area contributed by atoms with E-state index in [-0.39, 0.29) is 29.9 Å². The number of carbonyl (C=O) groups is 1. The number of rotatable bonds is 6. The third-order valence-corrected chi connectivity index (χ3v) is 3.85. The number of nitrogens with zero attached hydrogens (tertiary/aromatic N) is 3. The molecule has 2 aromatic rings. The van der Waals surface area contributed by atoms with E-state index < -0.39 is 22.7 Å². The molecule has 0 spiro atoms. The van der Waals surface area contributed by atoms with Crippen LogP contribution in [0.4, 0.5) is 18.9 Å². The molecule has 0 aliphatic carbocycles. The predicted molar refractivity (Wildman–Crippen MR) is 86.7 cm³/mol. The molecular weight excluding hydrogens is 353 g/mol. The molecule has 0 aliphatic rings. The van der Waals surface area contributed by atoms with E-state index in [2.05, 4.69) is 10.4 Å². The van der Waals surface area contributed by atoms with Gasteiger partial charge in [-0.15, -0.1) is 0 Å².